The third-order valence-corrected chi connectivity index (χ3v) is 3.25. The van der Waals surface area contributed by atoms with E-state index in [1.54, 1.807) is 0 Å². The maximum absolute atomic E-state index is 12.0. The van der Waals surface area contributed by atoms with Crippen molar-refractivity contribution in [3.05, 3.63) is 0 Å². The average molecular weight is 212 g/mol. The van der Waals surface area contributed by atoms with E-state index >= 15 is 0 Å². The van der Waals surface area contributed by atoms with Gasteiger partial charge in [-0.1, -0.05) is 13.8 Å². The molecule has 0 radical (unpaired) electrons. The Morgan fingerprint density at radius 3 is 2.40 bits per heavy atom. The summed E-state index contributed by atoms with van der Waals surface area (Å²) in [6.45, 7) is 9.48. The van der Waals surface area contributed by atoms with Crippen LogP contribution in [0.15, 0.2) is 0 Å². The van der Waals surface area contributed by atoms with Crippen LogP contribution in [0.2, 0.25) is 0 Å². The van der Waals surface area contributed by atoms with Crippen LogP contribution in [0.25, 0.3) is 0 Å². The summed E-state index contributed by atoms with van der Waals surface area (Å²) in [4.78, 5) is 14.2. The van der Waals surface area contributed by atoms with Crippen LogP contribution >= 0.6 is 0 Å². The van der Waals surface area contributed by atoms with E-state index in [1.165, 1.54) is 0 Å². The molecule has 0 aromatic heterocycles. The molecule has 1 saturated heterocycles. The summed E-state index contributed by atoms with van der Waals surface area (Å²) >= 11 is 0. The van der Waals surface area contributed by atoms with E-state index in [4.69, 9.17) is 0 Å². The Labute approximate surface area is 93.2 Å². The Morgan fingerprint density at radius 1 is 1.33 bits per heavy atom. The largest absolute Gasteiger partial charge is 0.353 e. The Hall–Kier alpha value is -0.570. The van der Waals surface area contributed by atoms with Crippen molar-refractivity contribution in [2.45, 2.75) is 46.2 Å². The Bertz CT molecular complexity index is 226. The molecule has 2 atom stereocenters. The van der Waals surface area contributed by atoms with Crippen LogP contribution < -0.4 is 5.32 Å². The summed E-state index contributed by atoms with van der Waals surface area (Å²) in [7, 11) is 2.05. The van der Waals surface area contributed by atoms with Gasteiger partial charge in [-0.05, 0) is 45.7 Å². The van der Waals surface area contributed by atoms with E-state index in [1.807, 2.05) is 20.9 Å². The minimum atomic E-state index is 0.0763. The van der Waals surface area contributed by atoms with Gasteiger partial charge in [0.05, 0.1) is 6.04 Å². The van der Waals surface area contributed by atoms with E-state index < -0.39 is 0 Å². The zero-order valence-electron chi connectivity index (χ0n) is 10.6. The predicted octanol–water partition coefficient (Wildman–Crippen LogP) is 1.49. The minimum Gasteiger partial charge on any atom is -0.353 e. The zero-order chi connectivity index (χ0) is 11.6. The van der Waals surface area contributed by atoms with Crippen LogP contribution in [0.4, 0.5) is 0 Å². The first-order valence-electron chi connectivity index (χ1n) is 5.94. The lowest BCUT2D eigenvalue weighted by atomic mass is 9.88. The Morgan fingerprint density at radius 2 is 1.93 bits per heavy atom. The first kappa shape index (κ1) is 12.5. The molecule has 3 heteroatoms. The fourth-order valence-corrected chi connectivity index (χ4v) is 2.44. The molecule has 0 aromatic carbocycles. The summed E-state index contributed by atoms with van der Waals surface area (Å²) in [5.74, 6) is 1.29. The van der Waals surface area contributed by atoms with Crippen LogP contribution in [0.5, 0.6) is 0 Å². The molecule has 1 amide bonds. The molecule has 1 fully saturated rings. The molecule has 0 spiro atoms. The number of hydrogen-bond donors (Lipinski definition) is 1. The molecular formula is C12H24N2O. The number of nitrogens with one attached hydrogen (secondary N) is 1. The molecule has 0 bridgehead atoms. The van der Waals surface area contributed by atoms with Gasteiger partial charge in [0.25, 0.3) is 0 Å². The van der Waals surface area contributed by atoms with Crippen LogP contribution in [0.1, 0.15) is 34.1 Å². The van der Waals surface area contributed by atoms with Crippen molar-refractivity contribution < 1.29 is 4.79 Å². The monoisotopic (exact) mass is 212 g/mol. The predicted molar refractivity (Wildman–Crippen MR) is 62.6 cm³/mol. The first-order valence-corrected chi connectivity index (χ1v) is 5.94. The van der Waals surface area contributed by atoms with Crippen molar-refractivity contribution >= 4 is 5.91 Å². The lowest BCUT2D eigenvalue weighted by molar-refractivity contribution is -0.127. The van der Waals surface area contributed by atoms with Gasteiger partial charge in [-0.25, -0.2) is 0 Å². The summed E-state index contributed by atoms with van der Waals surface area (Å²) < 4.78 is 0. The molecule has 1 N–H and O–H groups in total. The highest BCUT2D eigenvalue weighted by molar-refractivity contribution is 5.82. The maximum atomic E-state index is 12.0. The molecule has 1 aliphatic heterocycles. The van der Waals surface area contributed by atoms with Gasteiger partial charge in [0.15, 0.2) is 0 Å². The van der Waals surface area contributed by atoms with Gasteiger partial charge < -0.3 is 5.32 Å². The molecule has 1 unspecified atom stereocenters. The van der Waals surface area contributed by atoms with E-state index in [0.29, 0.717) is 11.8 Å². The number of likely N-dealkylation sites (N-methyl/N-ethyl adjacent to an activating group) is 1. The number of nitrogens with zero attached hydrogens (tertiary/aromatic N) is 1. The van der Waals surface area contributed by atoms with Gasteiger partial charge in [-0.3, -0.25) is 9.69 Å². The van der Waals surface area contributed by atoms with Crippen molar-refractivity contribution in [3.63, 3.8) is 0 Å². The number of hydrogen-bond acceptors (Lipinski definition) is 2. The minimum absolute atomic E-state index is 0.0763. The molecule has 1 rings (SSSR count). The fourth-order valence-electron chi connectivity index (χ4n) is 2.44. The van der Waals surface area contributed by atoms with Crippen molar-refractivity contribution in [2.24, 2.45) is 11.8 Å². The van der Waals surface area contributed by atoms with Crippen LogP contribution in [0, 0.1) is 11.8 Å². The Kier molecular flexibility index (Phi) is 4.14. The number of carbonyl (C=O) groups excluding carboxylic acids is 1. The number of likely N-dealkylation sites (tertiary alicyclic amines) is 1. The number of carbonyl (C=O) groups is 1. The van der Waals surface area contributed by atoms with E-state index in [2.05, 4.69) is 24.1 Å². The molecule has 1 heterocycles. The fraction of sp³-hybridized carbons (Fsp3) is 0.917. The normalized spacial score (nSPS) is 27.7. The maximum Gasteiger partial charge on any atom is 0.237 e. The van der Waals surface area contributed by atoms with E-state index in [9.17, 15) is 4.79 Å². The van der Waals surface area contributed by atoms with Gasteiger partial charge in [0.2, 0.25) is 5.91 Å². The quantitative estimate of drug-likeness (QED) is 0.768. The third-order valence-electron chi connectivity index (χ3n) is 3.25. The third kappa shape index (κ3) is 2.94. The highest BCUT2D eigenvalue weighted by Crippen LogP contribution is 2.29. The Balaban J connectivity index is 2.67. The van der Waals surface area contributed by atoms with Crippen molar-refractivity contribution in [3.8, 4) is 0 Å². The molecule has 0 saturated carbocycles. The number of rotatable bonds is 3. The standard InChI is InChI=1S/C12H24N2O/c1-8(2)10-6-7-14(5)11(10)12(15)13-9(3)4/h8-11H,6-7H2,1-5H3,(H,13,15)/t10-,11?/m1/s1. The zero-order valence-corrected chi connectivity index (χ0v) is 10.6. The average Bonchev–Trinajstić information content (AvgIpc) is 2.45. The van der Waals surface area contributed by atoms with Crippen LogP contribution in [0.3, 0.4) is 0 Å². The molecule has 15 heavy (non-hydrogen) atoms. The lowest BCUT2D eigenvalue weighted by Gasteiger charge is -2.27. The molecule has 3 nitrogen and oxygen atoms in total. The van der Waals surface area contributed by atoms with E-state index in [0.717, 1.165) is 13.0 Å². The smallest absolute Gasteiger partial charge is 0.237 e. The highest BCUT2D eigenvalue weighted by Gasteiger charge is 2.38. The molecule has 1 aliphatic rings. The second kappa shape index (κ2) is 4.97. The molecule has 88 valence electrons. The lowest BCUT2D eigenvalue weighted by Crippen LogP contribution is -2.47. The van der Waals surface area contributed by atoms with Gasteiger partial charge in [-0.15, -0.1) is 0 Å². The second-order valence-corrected chi connectivity index (χ2v) is 5.29. The van der Waals surface area contributed by atoms with Gasteiger partial charge in [0.1, 0.15) is 0 Å². The van der Waals surface area contributed by atoms with Crippen LogP contribution in [-0.4, -0.2) is 36.5 Å². The van der Waals surface area contributed by atoms with E-state index in [-0.39, 0.29) is 18.0 Å². The molecular weight excluding hydrogens is 188 g/mol. The van der Waals surface area contributed by atoms with Crippen molar-refractivity contribution in [1.29, 1.82) is 0 Å². The topological polar surface area (TPSA) is 32.3 Å². The molecule has 0 aliphatic carbocycles. The summed E-state index contributed by atoms with van der Waals surface area (Å²) in [6.07, 6.45) is 1.14. The molecule has 0 aromatic rings. The summed E-state index contributed by atoms with van der Waals surface area (Å²) in [5.41, 5.74) is 0. The summed E-state index contributed by atoms with van der Waals surface area (Å²) in [5, 5.41) is 3.02. The van der Waals surface area contributed by atoms with Gasteiger partial charge in [0, 0.05) is 6.04 Å². The van der Waals surface area contributed by atoms with Crippen molar-refractivity contribution in [2.75, 3.05) is 13.6 Å². The first-order chi connectivity index (χ1) is 6.93. The SMILES string of the molecule is CC(C)NC(=O)C1[C@@H](C(C)C)CCN1C. The van der Waals surface area contributed by atoms with Crippen molar-refractivity contribution in [1.82, 2.24) is 10.2 Å². The van der Waals surface area contributed by atoms with Crippen LogP contribution in [-0.2, 0) is 4.79 Å². The van der Waals surface area contributed by atoms with Gasteiger partial charge >= 0.3 is 0 Å². The van der Waals surface area contributed by atoms with Gasteiger partial charge in [-0.2, -0.15) is 0 Å². The summed E-state index contributed by atoms with van der Waals surface area (Å²) in [6, 6.07) is 0.312. The highest BCUT2D eigenvalue weighted by atomic mass is 16.2. The number of amides is 1. The second-order valence-electron chi connectivity index (χ2n) is 5.29.